The molecule has 0 saturated heterocycles. The molecule has 0 aliphatic heterocycles. The molecule has 2 aromatic rings. The second-order valence-corrected chi connectivity index (χ2v) is 9.62. The van der Waals surface area contributed by atoms with Crippen molar-refractivity contribution in [1.29, 1.82) is 0 Å². The number of ether oxygens (including phenoxy) is 1. The lowest BCUT2D eigenvalue weighted by molar-refractivity contribution is 0.111. The number of rotatable bonds is 7. The molecule has 8 heteroatoms. The third-order valence-electron chi connectivity index (χ3n) is 4.30. The molecule has 150 valence electrons. The molecule has 6 nitrogen and oxygen atoms in total. The second-order valence-electron chi connectivity index (χ2n) is 7.25. The molecule has 0 radical (unpaired) electrons. The Morgan fingerprint density at radius 3 is 2.44 bits per heavy atom. The second kappa shape index (κ2) is 8.29. The zero-order valence-electron chi connectivity index (χ0n) is 16.2. The van der Waals surface area contributed by atoms with Gasteiger partial charge in [0.15, 0.2) is 9.84 Å². The van der Waals surface area contributed by atoms with E-state index in [0.717, 1.165) is 0 Å². The molecule has 27 heavy (non-hydrogen) atoms. The Morgan fingerprint density at radius 2 is 1.85 bits per heavy atom. The number of fused-ring (bicyclic) bond motifs is 1. The molecule has 2 rings (SSSR count). The van der Waals surface area contributed by atoms with E-state index in [1.54, 1.807) is 19.9 Å². The summed E-state index contributed by atoms with van der Waals surface area (Å²) in [7, 11) is -3.65. The summed E-state index contributed by atoms with van der Waals surface area (Å²) in [6, 6.07) is 5.04. The van der Waals surface area contributed by atoms with Crippen LogP contribution in [0.25, 0.3) is 11.0 Å². The van der Waals surface area contributed by atoms with Crippen molar-refractivity contribution in [2.45, 2.75) is 52.0 Å². The summed E-state index contributed by atoms with van der Waals surface area (Å²) in [5, 5.41) is 2.32. The van der Waals surface area contributed by atoms with Crippen LogP contribution in [0.1, 0.15) is 45.6 Å². The zero-order chi connectivity index (χ0) is 20.4. The van der Waals surface area contributed by atoms with E-state index < -0.39 is 33.0 Å². The van der Waals surface area contributed by atoms with Gasteiger partial charge in [-0.2, -0.15) is 0 Å². The van der Waals surface area contributed by atoms with Crippen molar-refractivity contribution in [2.24, 2.45) is 5.92 Å². The van der Waals surface area contributed by atoms with Gasteiger partial charge in [0, 0.05) is 17.5 Å². The SMILES string of the molecule is CC(C)OC(=O)NC(CS(=O)(=O)C(C)c1cc2ccc(F)cc2o1)C(C)C. The fraction of sp³-hybridized carbons (Fsp3) is 0.526. The van der Waals surface area contributed by atoms with Crippen LogP contribution in [0.2, 0.25) is 0 Å². The Hall–Kier alpha value is -2.09. The summed E-state index contributed by atoms with van der Waals surface area (Å²) in [5.41, 5.74) is 0.297. The monoisotopic (exact) mass is 399 g/mol. The quantitative estimate of drug-likeness (QED) is 0.754. The van der Waals surface area contributed by atoms with Crippen LogP contribution < -0.4 is 5.32 Å². The summed E-state index contributed by atoms with van der Waals surface area (Å²) < 4.78 is 49.6. The Morgan fingerprint density at radius 1 is 1.19 bits per heavy atom. The van der Waals surface area contributed by atoms with Gasteiger partial charge in [0.05, 0.1) is 11.9 Å². The number of carbonyl (C=O) groups is 1. The number of benzene rings is 1. The summed E-state index contributed by atoms with van der Waals surface area (Å²) >= 11 is 0. The molecule has 1 heterocycles. The Labute approximate surface area is 159 Å². The first-order chi connectivity index (χ1) is 12.5. The number of sulfone groups is 1. The zero-order valence-corrected chi connectivity index (χ0v) is 17.0. The minimum atomic E-state index is -3.65. The summed E-state index contributed by atoms with van der Waals surface area (Å²) in [6.45, 7) is 8.60. The molecule has 0 aliphatic carbocycles. The van der Waals surface area contributed by atoms with Crippen molar-refractivity contribution in [3.8, 4) is 0 Å². The maximum Gasteiger partial charge on any atom is 0.407 e. The molecule has 0 bridgehead atoms. The van der Waals surface area contributed by atoms with Gasteiger partial charge in [-0.15, -0.1) is 0 Å². The Balaban J connectivity index is 2.19. The maximum absolute atomic E-state index is 13.3. The van der Waals surface area contributed by atoms with Crippen molar-refractivity contribution in [3.05, 3.63) is 35.8 Å². The number of hydrogen-bond acceptors (Lipinski definition) is 5. The first kappa shape index (κ1) is 21.2. The highest BCUT2D eigenvalue weighted by atomic mass is 32.2. The lowest BCUT2D eigenvalue weighted by Gasteiger charge is -2.24. The van der Waals surface area contributed by atoms with Gasteiger partial charge in [-0.1, -0.05) is 13.8 Å². The fourth-order valence-electron chi connectivity index (χ4n) is 2.60. The summed E-state index contributed by atoms with van der Waals surface area (Å²) in [6.07, 6.45) is -0.949. The lowest BCUT2D eigenvalue weighted by Crippen LogP contribution is -2.44. The topological polar surface area (TPSA) is 85.6 Å². The van der Waals surface area contributed by atoms with E-state index in [2.05, 4.69) is 5.32 Å². The number of amides is 1. The van der Waals surface area contributed by atoms with Crippen LogP contribution in [-0.2, 0) is 14.6 Å². The number of carbonyl (C=O) groups excluding carboxylic acids is 1. The third-order valence-corrected chi connectivity index (χ3v) is 6.44. The highest BCUT2D eigenvalue weighted by Gasteiger charge is 2.31. The van der Waals surface area contributed by atoms with E-state index in [1.807, 2.05) is 13.8 Å². The standard InChI is InChI=1S/C19H26FNO5S/c1-11(2)16(21-19(22)25-12(3)4)10-27(23,24)13(5)17-8-14-6-7-15(20)9-18(14)26-17/h6-9,11-13,16H,10H2,1-5H3,(H,21,22). The van der Waals surface area contributed by atoms with Gasteiger partial charge < -0.3 is 14.5 Å². The van der Waals surface area contributed by atoms with Crippen molar-refractivity contribution in [3.63, 3.8) is 0 Å². The average Bonchev–Trinajstić information content (AvgIpc) is 2.95. The first-order valence-corrected chi connectivity index (χ1v) is 10.6. The van der Waals surface area contributed by atoms with E-state index in [4.69, 9.17) is 9.15 Å². The molecule has 2 atom stereocenters. The van der Waals surface area contributed by atoms with Crippen LogP contribution in [0.5, 0.6) is 0 Å². The van der Waals surface area contributed by atoms with Gasteiger partial charge in [-0.05, 0) is 44.9 Å². The third kappa shape index (κ3) is 5.45. The van der Waals surface area contributed by atoms with Gasteiger partial charge in [-0.3, -0.25) is 0 Å². The molecule has 1 aromatic carbocycles. The molecular formula is C19H26FNO5S. The van der Waals surface area contributed by atoms with E-state index in [-0.39, 0.29) is 23.5 Å². The molecule has 0 saturated carbocycles. The van der Waals surface area contributed by atoms with Crippen molar-refractivity contribution in [2.75, 3.05) is 5.75 Å². The summed E-state index contributed by atoms with van der Waals surface area (Å²) in [4.78, 5) is 11.9. The van der Waals surface area contributed by atoms with E-state index in [9.17, 15) is 17.6 Å². The van der Waals surface area contributed by atoms with Gasteiger partial charge in [0.2, 0.25) is 0 Å². The normalized spacial score (nSPS) is 14.5. The Kier molecular flexibility index (Phi) is 6.51. The first-order valence-electron chi connectivity index (χ1n) is 8.87. The van der Waals surface area contributed by atoms with Crippen LogP contribution in [0.3, 0.4) is 0 Å². The number of furan rings is 1. The fourth-order valence-corrected chi connectivity index (χ4v) is 4.33. The van der Waals surface area contributed by atoms with Crippen LogP contribution >= 0.6 is 0 Å². The predicted molar refractivity (Wildman–Crippen MR) is 102 cm³/mol. The summed E-state index contributed by atoms with van der Waals surface area (Å²) in [5.74, 6) is -0.587. The van der Waals surface area contributed by atoms with Crippen LogP contribution in [0, 0.1) is 11.7 Å². The molecule has 0 spiro atoms. The molecule has 0 fully saturated rings. The molecule has 0 aliphatic rings. The number of hydrogen-bond donors (Lipinski definition) is 1. The largest absolute Gasteiger partial charge is 0.460 e. The molecule has 1 amide bonds. The molecule has 1 aromatic heterocycles. The smallest absolute Gasteiger partial charge is 0.407 e. The van der Waals surface area contributed by atoms with E-state index in [0.29, 0.717) is 11.0 Å². The minimum absolute atomic E-state index is 0.114. The van der Waals surface area contributed by atoms with Crippen LogP contribution in [-0.4, -0.2) is 32.4 Å². The van der Waals surface area contributed by atoms with Crippen LogP contribution in [0.15, 0.2) is 28.7 Å². The molecular weight excluding hydrogens is 373 g/mol. The predicted octanol–water partition coefficient (Wildman–Crippen LogP) is 4.21. The van der Waals surface area contributed by atoms with Crippen molar-refractivity contribution >= 4 is 26.9 Å². The van der Waals surface area contributed by atoms with Crippen LogP contribution in [0.4, 0.5) is 9.18 Å². The van der Waals surface area contributed by atoms with Gasteiger partial charge >= 0.3 is 6.09 Å². The number of alkyl carbamates (subject to hydrolysis) is 1. The lowest BCUT2D eigenvalue weighted by atomic mass is 10.1. The molecule has 1 N–H and O–H groups in total. The Bertz CT molecular complexity index is 904. The highest BCUT2D eigenvalue weighted by molar-refractivity contribution is 7.91. The van der Waals surface area contributed by atoms with Crippen molar-refractivity contribution in [1.82, 2.24) is 5.32 Å². The minimum Gasteiger partial charge on any atom is -0.460 e. The highest BCUT2D eigenvalue weighted by Crippen LogP contribution is 2.30. The average molecular weight is 399 g/mol. The van der Waals surface area contributed by atoms with Gasteiger partial charge in [0.1, 0.15) is 22.4 Å². The van der Waals surface area contributed by atoms with Gasteiger partial charge in [0.25, 0.3) is 0 Å². The van der Waals surface area contributed by atoms with Gasteiger partial charge in [-0.25, -0.2) is 17.6 Å². The van der Waals surface area contributed by atoms with E-state index in [1.165, 1.54) is 25.1 Å². The molecule has 2 unspecified atom stereocenters. The number of nitrogens with one attached hydrogen (secondary N) is 1. The number of halogens is 1. The maximum atomic E-state index is 13.3. The van der Waals surface area contributed by atoms with E-state index >= 15 is 0 Å². The van der Waals surface area contributed by atoms with Crippen molar-refractivity contribution < 1.29 is 26.8 Å².